The number of aliphatic hydroxyl groups excluding tert-OH is 1. The molecular weight excluding hydrogens is 190 g/mol. The Morgan fingerprint density at radius 3 is 2.47 bits per heavy atom. The van der Waals surface area contributed by atoms with E-state index in [-0.39, 0.29) is 6.61 Å². The lowest BCUT2D eigenvalue weighted by Crippen LogP contribution is -2.40. The van der Waals surface area contributed by atoms with Crippen molar-refractivity contribution in [2.75, 3.05) is 39.5 Å². The Morgan fingerprint density at radius 1 is 1.27 bits per heavy atom. The van der Waals surface area contributed by atoms with Crippen molar-refractivity contribution < 1.29 is 9.84 Å². The van der Waals surface area contributed by atoms with E-state index in [1.54, 1.807) is 0 Å². The summed E-state index contributed by atoms with van der Waals surface area (Å²) in [4.78, 5) is 2.47. The van der Waals surface area contributed by atoms with Gasteiger partial charge in [0.2, 0.25) is 0 Å². The number of hydrogen-bond acceptors (Lipinski definition) is 3. The molecule has 1 aliphatic heterocycles. The fourth-order valence-corrected chi connectivity index (χ4v) is 2.03. The normalized spacial score (nSPS) is 21.8. The van der Waals surface area contributed by atoms with Crippen molar-refractivity contribution >= 4 is 0 Å². The first kappa shape index (κ1) is 12.9. The number of likely N-dealkylation sites (tertiary alicyclic amines) is 1. The first-order valence-corrected chi connectivity index (χ1v) is 6.11. The van der Waals surface area contributed by atoms with Crippen molar-refractivity contribution in [1.82, 2.24) is 4.90 Å². The molecule has 0 aliphatic carbocycles. The molecule has 1 heterocycles. The summed E-state index contributed by atoms with van der Waals surface area (Å²) in [5.74, 6) is 0. The Hall–Kier alpha value is -0.120. The SMILES string of the molecule is CCC1(C)CCN(CCOCCO)CC1. The predicted molar refractivity (Wildman–Crippen MR) is 62.0 cm³/mol. The molecule has 3 heteroatoms. The van der Waals surface area contributed by atoms with Crippen molar-refractivity contribution in [3.8, 4) is 0 Å². The Morgan fingerprint density at radius 2 is 1.93 bits per heavy atom. The van der Waals surface area contributed by atoms with E-state index in [0.29, 0.717) is 12.0 Å². The van der Waals surface area contributed by atoms with Gasteiger partial charge in [0.1, 0.15) is 0 Å². The molecule has 0 aromatic rings. The Kier molecular flexibility index (Phi) is 5.58. The zero-order chi connectivity index (χ0) is 11.1. The largest absolute Gasteiger partial charge is 0.394 e. The summed E-state index contributed by atoms with van der Waals surface area (Å²) < 4.78 is 5.27. The molecule has 1 N–H and O–H groups in total. The highest BCUT2D eigenvalue weighted by atomic mass is 16.5. The third-order valence-electron chi connectivity index (χ3n) is 3.70. The van der Waals surface area contributed by atoms with E-state index >= 15 is 0 Å². The standard InChI is InChI=1S/C12H25NO2/c1-3-12(2)4-6-13(7-5-12)8-10-15-11-9-14/h14H,3-11H2,1-2H3. The maximum absolute atomic E-state index is 8.57. The minimum atomic E-state index is 0.133. The van der Waals surface area contributed by atoms with Crippen LogP contribution in [0.3, 0.4) is 0 Å². The molecule has 0 spiro atoms. The maximum atomic E-state index is 8.57. The quantitative estimate of drug-likeness (QED) is 0.682. The van der Waals surface area contributed by atoms with Gasteiger partial charge in [-0.3, -0.25) is 0 Å². The molecule has 90 valence electrons. The van der Waals surface area contributed by atoms with Gasteiger partial charge < -0.3 is 14.7 Å². The van der Waals surface area contributed by atoms with Gasteiger partial charge in [-0.05, 0) is 31.3 Å². The van der Waals surface area contributed by atoms with Gasteiger partial charge in [0.25, 0.3) is 0 Å². The van der Waals surface area contributed by atoms with E-state index in [9.17, 15) is 0 Å². The van der Waals surface area contributed by atoms with E-state index in [0.717, 1.165) is 13.2 Å². The van der Waals surface area contributed by atoms with Crippen molar-refractivity contribution in [3.05, 3.63) is 0 Å². The van der Waals surface area contributed by atoms with Gasteiger partial charge in [0.05, 0.1) is 19.8 Å². The third kappa shape index (κ3) is 4.49. The number of ether oxygens (including phenoxy) is 1. The number of piperidine rings is 1. The third-order valence-corrected chi connectivity index (χ3v) is 3.70. The lowest BCUT2D eigenvalue weighted by molar-refractivity contribution is 0.0522. The number of hydrogen-bond donors (Lipinski definition) is 1. The zero-order valence-electron chi connectivity index (χ0n) is 10.2. The number of rotatable bonds is 6. The highest BCUT2D eigenvalue weighted by molar-refractivity contribution is 4.80. The predicted octanol–water partition coefficient (Wildman–Crippen LogP) is 1.51. The summed E-state index contributed by atoms with van der Waals surface area (Å²) >= 11 is 0. The zero-order valence-corrected chi connectivity index (χ0v) is 10.2. The minimum absolute atomic E-state index is 0.133. The van der Waals surface area contributed by atoms with Crippen LogP contribution in [0, 0.1) is 5.41 Å². The van der Waals surface area contributed by atoms with Crippen LogP contribution in [-0.4, -0.2) is 49.5 Å². The average molecular weight is 215 g/mol. The molecule has 1 aliphatic rings. The van der Waals surface area contributed by atoms with Crippen LogP contribution < -0.4 is 0 Å². The first-order valence-electron chi connectivity index (χ1n) is 6.11. The second-order valence-corrected chi connectivity index (χ2v) is 4.84. The highest BCUT2D eigenvalue weighted by Gasteiger charge is 2.27. The summed E-state index contributed by atoms with van der Waals surface area (Å²) in [5.41, 5.74) is 0.572. The fraction of sp³-hybridized carbons (Fsp3) is 1.00. The summed E-state index contributed by atoms with van der Waals surface area (Å²) in [6, 6.07) is 0. The highest BCUT2D eigenvalue weighted by Crippen LogP contribution is 2.33. The van der Waals surface area contributed by atoms with E-state index in [2.05, 4.69) is 18.7 Å². The van der Waals surface area contributed by atoms with Gasteiger partial charge in [-0.1, -0.05) is 20.3 Å². The molecule has 0 saturated carbocycles. The minimum Gasteiger partial charge on any atom is -0.394 e. The summed E-state index contributed by atoms with van der Waals surface area (Å²) in [5, 5.41) is 8.57. The molecule has 0 aromatic heterocycles. The van der Waals surface area contributed by atoms with Crippen molar-refractivity contribution in [3.63, 3.8) is 0 Å². The molecule has 0 aromatic carbocycles. The lowest BCUT2D eigenvalue weighted by Gasteiger charge is -2.38. The molecule has 3 nitrogen and oxygen atoms in total. The van der Waals surface area contributed by atoms with Gasteiger partial charge in [0, 0.05) is 6.54 Å². The van der Waals surface area contributed by atoms with E-state index in [1.165, 1.54) is 32.4 Å². The van der Waals surface area contributed by atoms with Gasteiger partial charge >= 0.3 is 0 Å². The molecule has 0 radical (unpaired) electrons. The first-order chi connectivity index (χ1) is 7.20. The Bertz CT molecular complexity index is 165. The Balaban J connectivity index is 2.09. The second kappa shape index (κ2) is 6.46. The van der Waals surface area contributed by atoms with Crippen LogP contribution in [0.1, 0.15) is 33.1 Å². The van der Waals surface area contributed by atoms with Crippen LogP contribution in [0.25, 0.3) is 0 Å². The van der Waals surface area contributed by atoms with Crippen molar-refractivity contribution in [1.29, 1.82) is 0 Å². The topological polar surface area (TPSA) is 32.7 Å². The summed E-state index contributed by atoms with van der Waals surface area (Å²) in [6.45, 7) is 9.46. The van der Waals surface area contributed by atoms with Crippen molar-refractivity contribution in [2.24, 2.45) is 5.41 Å². The van der Waals surface area contributed by atoms with Crippen LogP contribution in [0.4, 0.5) is 0 Å². The lowest BCUT2D eigenvalue weighted by atomic mass is 9.78. The van der Waals surface area contributed by atoms with Crippen molar-refractivity contribution in [2.45, 2.75) is 33.1 Å². The van der Waals surface area contributed by atoms with Crippen LogP contribution in [0.2, 0.25) is 0 Å². The monoisotopic (exact) mass is 215 g/mol. The molecule has 0 amide bonds. The van der Waals surface area contributed by atoms with E-state index in [1.807, 2.05) is 0 Å². The fourth-order valence-electron chi connectivity index (χ4n) is 2.03. The summed E-state index contributed by atoms with van der Waals surface area (Å²) in [6.07, 6.45) is 3.91. The van der Waals surface area contributed by atoms with Crippen LogP contribution in [0.5, 0.6) is 0 Å². The van der Waals surface area contributed by atoms with E-state index < -0.39 is 0 Å². The maximum Gasteiger partial charge on any atom is 0.0698 e. The van der Waals surface area contributed by atoms with Gasteiger partial charge in [-0.25, -0.2) is 0 Å². The molecule has 1 rings (SSSR count). The van der Waals surface area contributed by atoms with Gasteiger partial charge in [-0.15, -0.1) is 0 Å². The van der Waals surface area contributed by atoms with Crippen LogP contribution in [0.15, 0.2) is 0 Å². The molecule has 15 heavy (non-hydrogen) atoms. The molecule has 0 unspecified atom stereocenters. The van der Waals surface area contributed by atoms with Crippen LogP contribution in [-0.2, 0) is 4.74 Å². The molecule has 0 atom stereocenters. The average Bonchev–Trinajstić information content (AvgIpc) is 2.27. The molecule has 1 fully saturated rings. The van der Waals surface area contributed by atoms with Gasteiger partial charge in [-0.2, -0.15) is 0 Å². The molecule has 1 saturated heterocycles. The molecule has 0 bridgehead atoms. The smallest absolute Gasteiger partial charge is 0.0698 e. The number of aliphatic hydroxyl groups is 1. The number of nitrogens with zero attached hydrogens (tertiary/aromatic N) is 1. The molecular formula is C12H25NO2. The second-order valence-electron chi connectivity index (χ2n) is 4.84. The summed E-state index contributed by atoms with van der Waals surface area (Å²) in [7, 11) is 0. The van der Waals surface area contributed by atoms with Crippen LogP contribution >= 0.6 is 0 Å². The van der Waals surface area contributed by atoms with Gasteiger partial charge in [0.15, 0.2) is 0 Å². The van der Waals surface area contributed by atoms with E-state index in [4.69, 9.17) is 9.84 Å². The Labute approximate surface area is 93.4 Å².